The molecule has 2 N–H and O–H groups in total. The molecule has 16 heavy (non-hydrogen) atoms. The monoisotopic (exact) mass is 235 g/mol. The van der Waals surface area contributed by atoms with E-state index in [1.54, 1.807) is 0 Å². The van der Waals surface area contributed by atoms with Crippen molar-refractivity contribution < 1.29 is 17.6 Å². The largest absolute Gasteiger partial charge is 0.419 e. The molecule has 1 atom stereocenters. The molecule has 5 heteroatoms. The first-order valence-corrected chi connectivity index (χ1v) is 4.95. The second-order valence-corrected chi connectivity index (χ2v) is 3.68. The highest BCUT2D eigenvalue weighted by molar-refractivity contribution is 5.27. The first kappa shape index (κ1) is 13.0. The van der Waals surface area contributed by atoms with Crippen LogP contribution in [0.3, 0.4) is 0 Å². The standard InChI is InChI=1S/C11H13F4N/c1-2-8(16)5-7-3-4-9(10(12)6-7)11(13,14)15/h3-4,6,8H,2,5,16H2,1H3. The van der Waals surface area contributed by atoms with Crippen LogP contribution in [0.25, 0.3) is 0 Å². The maximum absolute atomic E-state index is 13.1. The van der Waals surface area contributed by atoms with Crippen LogP contribution < -0.4 is 5.73 Å². The molecule has 0 amide bonds. The Labute approximate surface area is 91.3 Å². The third-order valence-corrected chi connectivity index (χ3v) is 2.36. The molecule has 0 radical (unpaired) electrons. The zero-order chi connectivity index (χ0) is 12.3. The van der Waals surface area contributed by atoms with Gasteiger partial charge in [0.25, 0.3) is 0 Å². The first-order chi connectivity index (χ1) is 7.34. The van der Waals surface area contributed by atoms with Gasteiger partial charge >= 0.3 is 6.18 Å². The third kappa shape index (κ3) is 3.20. The van der Waals surface area contributed by atoms with Crippen molar-refractivity contribution in [1.82, 2.24) is 0 Å². The van der Waals surface area contributed by atoms with Gasteiger partial charge in [0.15, 0.2) is 0 Å². The normalized spacial score (nSPS) is 13.9. The minimum absolute atomic E-state index is 0.156. The predicted molar refractivity (Wildman–Crippen MR) is 53.4 cm³/mol. The van der Waals surface area contributed by atoms with Crippen LogP contribution in [0, 0.1) is 5.82 Å². The summed E-state index contributed by atoms with van der Waals surface area (Å²) in [6, 6.07) is 2.77. The molecule has 1 aromatic carbocycles. The molecule has 0 saturated heterocycles. The highest BCUT2D eigenvalue weighted by Crippen LogP contribution is 2.31. The maximum atomic E-state index is 13.1. The van der Waals surface area contributed by atoms with E-state index in [4.69, 9.17) is 5.73 Å². The highest BCUT2D eigenvalue weighted by atomic mass is 19.4. The Hall–Kier alpha value is -1.10. The predicted octanol–water partition coefficient (Wildman–Crippen LogP) is 3.12. The molecular weight excluding hydrogens is 222 g/mol. The number of benzene rings is 1. The lowest BCUT2D eigenvalue weighted by atomic mass is 10.0. The fourth-order valence-electron chi connectivity index (χ4n) is 1.36. The molecule has 90 valence electrons. The fourth-order valence-corrected chi connectivity index (χ4v) is 1.36. The van der Waals surface area contributed by atoms with Gasteiger partial charge in [0.1, 0.15) is 5.82 Å². The molecule has 1 rings (SSSR count). The van der Waals surface area contributed by atoms with Gasteiger partial charge in [0, 0.05) is 6.04 Å². The van der Waals surface area contributed by atoms with Crippen molar-refractivity contribution in [2.24, 2.45) is 5.73 Å². The smallest absolute Gasteiger partial charge is 0.327 e. The Morgan fingerprint density at radius 3 is 2.38 bits per heavy atom. The number of nitrogens with two attached hydrogens (primary N) is 1. The molecular formula is C11H13F4N. The van der Waals surface area contributed by atoms with Crippen molar-refractivity contribution in [3.63, 3.8) is 0 Å². The van der Waals surface area contributed by atoms with E-state index in [9.17, 15) is 17.6 Å². The Kier molecular flexibility index (Phi) is 3.91. The van der Waals surface area contributed by atoms with Gasteiger partial charge in [-0.15, -0.1) is 0 Å². The molecule has 0 spiro atoms. The zero-order valence-electron chi connectivity index (χ0n) is 8.81. The van der Waals surface area contributed by atoms with Gasteiger partial charge < -0.3 is 5.73 Å². The summed E-state index contributed by atoms with van der Waals surface area (Å²) in [5.41, 5.74) is 4.89. The van der Waals surface area contributed by atoms with Crippen molar-refractivity contribution in [3.05, 3.63) is 35.1 Å². The second kappa shape index (κ2) is 4.82. The van der Waals surface area contributed by atoms with E-state index in [0.29, 0.717) is 18.4 Å². The number of rotatable bonds is 3. The van der Waals surface area contributed by atoms with E-state index >= 15 is 0 Å². The summed E-state index contributed by atoms with van der Waals surface area (Å²) in [5, 5.41) is 0. The van der Waals surface area contributed by atoms with Crippen LogP contribution in [0.5, 0.6) is 0 Å². The van der Waals surface area contributed by atoms with Gasteiger partial charge in [0.2, 0.25) is 0 Å². The fraction of sp³-hybridized carbons (Fsp3) is 0.455. The van der Waals surface area contributed by atoms with Crippen LogP contribution in [-0.4, -0.2) is 6.04 Å². The van der Waals surface area contributed by atoms with E-state index in [1.165, 1.54) is 6.07 Å². The van der Waals surface area contributed by atoms with Crippen molar-refractivity contribution in [2.45, 2.75) is 32.0 Å². The number of hydrogen-bond donors (Lipinski definition) is 1. The average molecular weight is 235 g/mol. The molecule has 0 aliphatic carbocycles. The molecule has 1 aromatic rings. The molecule has 0 heterocycles. The summed E-state index contributed by atoms with van der Waals surface area (Å²) in [4.78, 5) is 0. The van der Waals surface area contributed by atoms with Crippen LogP contribution in [0.4, 0.5) is 17.6 Å². The third-order valence-electron chi connectivity index (χ3n) is 2.36. The summed E-state index contributed by atoms with van der Waals surface area (Å²) >= 11 is 0. The number of alkyl halides is 3. The van der Waals surface area contributed by atoms with Crippen LogP contribution in [0.1, 0.15) is 24.5 Å². The van der Waals surface area contributed by atoms with Gasteiger partial charge in [-0.1, -0.05) is 13.0 Å². The first-order valence-electron chi connectivity index (χ1n) is 4.95. The van der Waals surface area contributed by atoms with Crippen molar-refractivity contribution in [3.8, 4) is 0 Å². The molecule has 1 nitrogen and oxygen atoms in total. The van der Waals surface area contributed by atoms with E-state index < -0.39 is 17.6 Å². The van der Waals surface area contributed by atoms with Gasteiger partial charge in [-0.25, -0.2) is 4.39 Å². The molecule has 0 saturated carbocycles. The highest BCUT2D eigenvalue weighted by Gasteiger charge is 2.33. The Balaban J connectivity index is 2.91. The van der Waals surface area contributed by atoms with E-state index in [0.717, 1.165) is 12.1 Å². The topological polar surface area (TPSA) is 26.0 Å². The molecule has 0 fully saturated rings. The summed E-state index contributed by atoms with van der Waals surface area (Å²) in [7, 11) is 0. The summed E-state index contributed by atoms with van der Waals surface area (Å²) in [6.07, 6.45) is -3.57. The van der Waals surface area contributed by atoms with E-state index in [1.807, 2.05) is 6.92 Å². The Bertz CT molecular complexity index is 359. The van der Waals surface area contributed by atoms with Crippen LogP contribution in [0.2, 0.25) is 0 Å². The van der Waals surface area contributed by atoms with Crippen LogP contribution in [-0.2, 0) is 12.6 Å². The van der Waals surface area contributed by atoms with Crippen molar-refractivity contribution >= 4 is 0 Å². The summed E-state index contributed by atoms with van der Waals surface area (Å²) in [6.45, 7) is 1.87. The van der Waals surface area contributed by atoms with Gasteiger partial charge in [-0.05, 0) is 30.5 Å². The average Bonchev–Trinajstić information content (AvgIpc) is 2.15. The molecule has 1 unspecified atom stereocenters. The van der Waals surface area contributed by atoms with E-state index in [-0.39, 0.29) is 6.04 Å². The number of halogens is 4. The summed E-state index contributed by atoms with van der Waals surface area (Å²) in [5.74, 6) is -1.24. The number of hydrogen-bond acceptors (Lipinski definition) is 1. The summed E-state index contributed by atoms with van der Waals surface area (Å²) < 4.78 is 49.9. The molecule has 0 aliphatic rings. The minimum Gasteiger partial charge on any atom is -0.327 e. The van der Waals surface area contributed by atoms with Crippen molar-refractivity contribution in [1.29, 1.82) is 0 Å². The molecule has 0 bridgehead atoms. The lowest BCUT2D eigenvalue weighted by Gasteiger charge is -2.11. The molecule has 0 aliphatic heterocycles. The van der Waals surface area contributed by atoms with Crippen LogP contribution >= 0.6 is 0 Å². The van der Waals surface area contributed by atoms with Crippen LogP contribution in [0.15, 0.2) is 18.2 Å². The van der Waals surface area contributed by atoms with Gasteiger partial charge in [-0.3, -0.25) is 0 Å². The van der Waals surface area contributed by atoms with Crippen molar-refractivity contribution in [2.75, 3.05) is 0 Å². The maximum Gasteiger partial charge on any atom is 0.419 e. The quantitative estimate of drug-likeness (QED) is 0.800. The van der Waals surface area contributed by atoms with Gasteiger partial charge in [-0.2, -0.15) is 13.2 Å². The lowest BCUT2D eigenvalue weighted by Crippen LogP contribution is -2.21. The SMILES string of the molecule is CCC(N)Cc1ccc(C(F)(F)F)c(F)c1. The van der Waals surface area contributed by atoms with Gasteiger partial charge in [0.05, 0.1) is 5.56 Å². The Morgan fingerprint density at radius 1 is 1.31 bits per heavy atom. The van der Waals surface area contributed by atoms with E-state index in [2.05, 4.69) is 0 Å². The minimum atomic E-state index is -4.64. The lowest BCUT2D eigenvalue weighted by molar-refractivity contribution is -0.140. The molecule has 0 aromatic heterocycles. The zero-order valence-corrected chi connectivity index (χ0v) is 8.81. The second-order valence-electron chi connectivity index (χ2n) is 3.68. The Morgan fingerprint density at radius 2 is 1.94 bits per heavy atom.